The van der Waals surface area contributed by atoms with E-state index in [0.29, 0.717) is 54.0 Å². The fourth-order valence-corrected chi connectivity index (χ4v) is 5.19. The van der Waals surface area contributed by atoms with Crippen LogP contribution in [0.2, 0.25) is 15.1 Å². The summed E-state index contributed by atoms with van der Waals surface area (Å²) in [7, 11) is 2.97. The van der Waals surface area contributed by atoms with Crippen LogP contribution in [-0.4, -0.2) is 62.2 Å². The maximum absolute atomic E-state index is 13.1. The van der Waals surface area contributed by atoms with Crippen molar-refractivity contribution in [3.8, 4) is 11.5 Å². The molecule has 1 aliphatic rings. The molecule has 204 valence electrons. The number of anilines is 2. The topological polar surface area (TPSA) is 83.1 Å². The van der Waals surface area contributed by atoms with Gasteiger partial charge in [-0.05, 0) is 66.8 Å². The molecule has 0 aromatic heterocycles. The van der Waals surface area contributed by atoms with Crippen molar-refractivity contribution >= 4 is 75.3 Å². The Morgan fingerprint density at radius 2 is 1.51 bits per heavy atom. The van der Waals surface area contributed by atoms with E-state index in [4.69, 9.17) is 56.5 Å². The second-order valence-electron chi connectivity index (χ2n) is 8.55. The highest BCUT2D eigenvalue weighted by Crippen LogP contribution is 2.34. The molecule has 2 amide bonds. The number of methoxy groups -OCH3 is 2. The van der Waals surface area contributed by atoms with Gasteiger partial charge in [-0.2, -0.15) is 0 Å². The Balaban J connectivity index is 1.31. The fraction of sp³-hybridized carbons (Fsp3) is 0.222. The summed E-state index contributed by atoms with van der Waals surface area (Å²) < 4.78 is 10.4. The summed E-state index contributed by atoms with van der Waals surface area (Å²) >= 11 is 23.6. The predicted octanol–water partition coefficient (Wildman–Crippen LogP) is 5.75. The Morgan fingerprint density at radius 3 is 2.10 bits per heavy atom. The number of amides is 2. The van der Waals surface area contributed by atoms with E-state index >= 15 is 0 Å². The summed E-state index contributed by atoms with van der Waals surface area (Å²) in [5.74, 6) is 0.229. The first kappa shape index (κ1) is 28.8. The first-order chi connectivity index (χ1) is 18.7. The number of carbonyl (C=O) groups is 2. The van der Waals surface area contributed by atoms with Gasteiger partial charge in [0.15, 0.2) is 10.9 Å². The molecule has 3 aromatic carbocycles. The highest BCUT2D eigenvalue weighted by molar-refractivity contribution is 7.80. The van der Waals surface area contributed by atoms with Crippen molar-refractivity contribution in [2.45, 2.75) is 0 Å². The number of thiocarbonyl (C=S) groups is 1. The monoisotopic (exact) mass is 606 g/mol. The van der Waals surface area contributed by atoms with E-state index in [1.165, 1.54) is 26.4 Å². The average Bonchev–Trinajstić information content (AvgIpc) is 2.93. The maximum atomic E-state index is 13.1. The average molecular weight is 608 g/mol. The lowest BCUT2D eigenvalue weighted by Crippen LogP contribution is -2.48. The molecule has 0 aliphatic carbocycles. The van der Waals surface area contributed by atoms with E-state index in [-0.39, 0.29) is 26.6 Å². The van der Waals surface area contributed by atoms with Crippen LogP contribution in [0.5, 0.6) is 11.5 Å². The van der Waals surface area contributed by atoms with Gasteiger partial charge in [-0.25, -0.2) is 0 Å². The van der Waals surface area contributed by atoms with Crippen molar-refractivity contribution in [3.63, 3.8) is 0 Å². The molecular weight excluding hydrogens is 583 g/mol. The molecule has 0 unspecified atom stereocenters. The first-order valence-electron chi connectivity index (χ1n) is 11.8. The molecule has 1 heterocycles. The number of nitrogens with one attached hydrogen (secondary N) is 2. The number of nitrogens with zero attached hydrogens (tertiary/aromatic N) is 2. The van der Waals surface area contributed by atoms with Crippen LogP contribution in [0.15, 0.2) is 54.6 Å². The summed E-state index contributed by atoms with van der Waals surface area (Å²) in [5, 5.41) is 6.66. The minimum atomic E-state index is -0.460. The van der Waals surface area contributed by atoms with Crippen LogP contribution in [0.4, 0.5) is 11.4 Å². The van der Waals surface area contributed by atoms with Gasteiger partial charge in [-0.3, -0.25) is 14.9 Å². The fourth-order valence-electron chi connectivity index (χ4n) is 4.16. The molecule has 1 saturated heterocycles. The van der Waals surface area contributed by atoms with E-state index in [1.807, 2.05) is 24.3 Å². The molecule has 12 heteroatoms. The summed E-state index contributed by atoms with van der Waals surface area (Å²) in [5.41, 5.74) is 2.41. The molecule has 0 bridgehead atoms. The van der Waals surface area contributed by atoms with Crippen LogP contribution >= 0.6 is 47.0 Å². The smallest absolute Gasteiger partial charge is 0.257 e. The number of hydrogen-bond donors (Lipinski definition) is 2. The largest absolute Gasteiger partial charge is 0.496 e. The van der Waals surface area contributed by atoms with Crippen molar-refractivity contribution in [1.82, 2.24) is 10.2 Å². The van der Waals surface area contributed by atoms with Gasteiger partial charge in [-0.15, -0.1) is 0 Å². The number of ether oxygens (including phenoxy) is 2. The van der Waals surface area contributed by atoms with Gasteiger partial charge >= 0.3 is 0 Å². The lowest BCUT2D eigenvalue weighted by atomic mass is 10.1. The van der Waals surface area contributed by atoms with Crippen molar-refractivity contribution in [2.24, 2.45) is 0 Å². The highest BCUT2D eigenvalue weighted by Gasteiger charge is 2.25. The van der Waals surface area contributed by atoms with Gasteiger partial charge in [0.25, 0.3) is 11.8 Å². The molecule has 0 saturated carbocycles. The van der Waals surface area contributed by atoms with E-state index in [1.54, 1.807) is 23.1 Å². The Labute approximate surface area is 246 Å². The van der Waals surface area contributed by atoms with Crippen LogP contribution in [0.3, 0.4) is 0 Å². The summed E-state index contributed by atoms with van der Waals surface area (Å²) in [6.07, 6.45) is 0. The standard InChI is InChI=1S/C27H25Cl3N4O4S/c1-37-23-8-3-17(28)15-20(23)26(36)34-11-9-33(10-12-34)19-6-4-18(5-7-19)31-27(39)32-25(35)16-13-21(29)24(38-2)22(30)14-16/h3-8,13-15H,9-12H2,1-2H3,(H2,31,32,35,39). The lowest BCUT2D eigenvalue weighted by Gasteiger charge is -2.36. The number of carbonyl (C=O) groups excluding carboxylic acids is 2. The van der Waals surface area contributed by atoms with E-state index in [2.05, 4.69) is 15.5 Å². The Kier molecular flexibility index (Phi) is 9.40. The summed E-state index contributed by atoms with van der Waals surface area (Å²) in [4.78, 5) is 29.6. The predicted molar refractivity (Wildman–Crippen MR) is 159 cm³/mol. The van der Waals surface area contributed by atoms with E-state index in [9.17, 15) is 9.59 Å². The zero-order valence-corrected chi connectivity index (χ0v) is 24.2. The molecule has 1 aliphatic heterocycles. The molecule has 0 radical (unpaired) electrons. The van der Waals surface area contributed by atoms with Gasteiger partial charge in [0.05, 0.1) is 29.8 Å². The Morgan fingerprint density at radius 1 is 0.872 bits per heavy atom. The first-order valence-corrected chi connectivity index (χ1v) is 13.4. The number of benzene rings is 3. The molecule has 3 aromatic rings. The molecule has 8 nitrogen and oxygen atoms in total. The minimum Gasteiger partial charge on any atom is -0.496 e. The van der Waals surface area contributed by atoms with Crippen molar-refractivity contribution in [1.29, 1.82) is 0 Å². The van der Waals surface area contributed by atoms with Gasteiger partial charge in [0, 0.05) is 48.1 Å². The molecule has 0 spiro atoms. The van der Waals surface area contributed by atoms with Gasteiger partial charge in [0.2, 0.25) is 0 Å². The SMILES string of the molecule is COc1ccc(Cl)cc1C(=O)N1CCN(c2ccc(NC(=S)NC(=O)c3cc(Cl)c(OC)c(Cl)c3)cc2)CC1. The number of piperazine rings is 1. The van der Waals surface area contributed by atoms with Crippen molar-refractivity contribution in [2.75, 3.05) is 50.6 Å². The van der Waals surface area contributed by atoms with E-state index in [0.717, 1.165) is 5.69 Å². The third kappa shape index (κ3) is 6.86. The molecule has 39 heavy (non-hydrogen) atoms. The Hall–Kier alpha value is -3.24. The summed E-state index contributed by atoms with van der Waals surface area (Å²) in [6, 6.07) is 15.6. The van der Waals surface area contributed by atoms with Crippen LogP contribution in [0.1, 0.15) is 20.7 Å². The minimum absolute atomic E-state index is 0.108. The van der Waals surface area contributed by atoms with Crippen LogP contribution in [0.25, 0.3) is 0 Å². The number of rotatable bonds is 6. The second-order valence-corrected chi connectivity index (χ2v) is 10.2. The number of halogens is 3. The highest BCUT2D eigenvalue weighted by atomic mass is 35.5. The van der Waals surface area contributed by atoms with Gasteiger partial charge in [-0.1, -0.05) is 34.8 Å². The van der Waals surface area contributed by atoms with Crippen LogP contribution < -0.4 is 25.0 Å². The maximum Gasteiger partial charge on any atom is 0.257 e. The zero-order valence-electron chi connectivity index (χ0n) is 21.1. The third-order valence-electron chi connectivity index (χ3n) is 6.14. The summed E-state index contributed by atoms with van der Waals surface area (Å²) in [6.45, 7) is 2.46. The second kappa shape index (κ2) is 12.7. The molecular formula is C27H25Cl3N4O4S. The normalized spacial score (nSPS) is 13.1. The quantitative estimate of drug-likeness (QED) is 0.345. The molecule has 4 rings (SSSR count). The van der Waals surface area contributed by atoms with E-state index < -0.39 is 5.91 Å². The van der Waals surface area contributed by atoms with Gasteiger partial charge < -0.3 is 24.6 Å². The molecule has 2 N–H and O–H groups in total. The lowest BCUT2D eigenvalue weighted by molar-refractivity contribution is 0.0743. The van der Waals surface area contributed by atoms with Crippen molar-refractivity contribution in [3.05, 3.63) is 80.8 Å². The third-order valence-corrected chi connectivity index (χ3v) is 7.14. The zero-order chi connectivity index (χ0) is 28.1. The van der Waals surface area contributed by atoms with Gasteiger partial charge in [0.1, 0.15) is 5.75 Å². The number of hydrogen-bond acceptors (Lipinski definition) is 6. The van der Waals surface area contributed by atoms with Crippen LogP contribution in [0, 0.1) is 0 Å². The Bertz CT molecular complexity index is 1370. The van der Waals surface area contributed by atoms with Crippen molar-refractivity contribution < 1.29 is 19.1 Å². The van der Waals surface area contributed by atoms with Crippen LogP contribution in [-0.2, 0) is 0 Å². The molecule has 1 fully saturated rings. The molecule has 0 atom stereocenters.